The average Bonchev–Trinajstić information content (AvgIpc) is 2.12. The Hall–Kier alpha value is -0.770. The van der Waals surface area contributed by atoms with Crippen LogP contribution >= 0.6 is 0 Å². The van der Waals surface area contributed by atoms with Crippen molar-refractivity contribution in [2.24, 2.45) is 11.7 Å². The maximum absolute atomic E-state index is 11.2. The van der Waals surface area contributed by atoms with Crippen LogP contribution < -0.4 is 11.1 Å². The molecule has 1 unspecified atom stereocenters. The van der Waals surface area contributed by atoms with Crippen molar-refractivity contribution >= 4 is 6.03 Å². The number of carbonyl (C=O) groups is 1. The summed E-state index contributed by atoms with van der Waals surface area (Å²) in [5.74, 6) is 0.363. The Labute approximate surface area is 74.1 Å². The first-order valence-electron chi connectivity index (χ1n) is 4.32. The third kappa shape index (κ3) is 3.57. The lowest BCUT2D eigenvalue weighted by Gasteiger charge is -2.23. The fourth-order valence-electron chi connectivity index (χ4n) is 0.964. The number of hydrogen-bond donors (Lipinski definition) is 2. The zero-order chi connectivity index (χ0) is 9.56. The van der Waals surface area contributed by atoms with Crippen LogP contribution in [0.5, 0.6) is 0 Å². The third-order valence-electron chi connectivity index (χ3n) is 1.82. The van der Waals surface area contributed by atoms with Crippen LogP contribution in [0.4, 0.5) is 4.79 Å². The van der Waals surface area contributed by atoms with E-state index in [1.54, 1.807) is 11.9 Å². The Balaban J connectivity index is 3.90. The molecule has 72 valence electrons. The Morgan fingerprint density at radius 2 is 2.25 bits per heavy atom. The predicted molar refractivity (Wildman–Crippen MR) is 49.9 cm³/mol. The van der Waals surface area contributed by atoms with E-state index in [-0.39, 0.29) is 6.03 Å². The van der Waals surface area contributed by atoms with E-state index in [1.165, 1.54) is 0 Å². The van der Waals surface area contributed by atoms with Crippen molar-refractivity contribution in [3.8, 4) is 0 Å². The zero-order valence-corrected chi connectivity index (χ0v) is 8.13. The van der Waals surface area contributed by atoms with Gasteiger partial charge in [0, 0.05) is 20.1 Å². The molecule has 0 fully saturated rings. The molecule has 0 aromatic carbocycles. The second-order valence-electron chi connectivity index (χ2n) is 2.93. The van der Waals surface area contributed by atoms with Gasteiger partial charge in [0.25, 0.3) is 0 Å². The summed E-state index contributed by atoms with van der Waals surface area (Å²) in [5.41, 5.74) is 5.46. The van der Waals surface area contributed by atoms with Gasteiger partial charge < -0.3 is 16.0 Å². The molecule has 0 aliphatic carbocycles. The van der Waals surface area contributed by atoms with E-state index in [4.69, 9.17) is 5.73 Å². The lowest BCUT2D eigenvalue weighted by Crippen LogP contribution is -2.41. The first-order valence-corrected chi connectivity index (χ1v) is 4.32. The smallest absolute Gasteiger partial charge is 0.317 e. The minimum absolute atomic E-state index is 0.0298. The highest BCUT2D eigenvalue weighted by Crippen LogP contribution is 1.97. The largest absolute Gasteiger partial charge is 0.341 e. The molecule has 0 aliphatic heterocycles. The maximum atomic E-state index is 11.2. The summed E-state index contributed by atoms with van der Waals surface area (Å²) in [7, 11) is 1.64. The van der Waals surface area contributed by atoms with Gasteiger partial charge in [-0.25, -0.2) is 4.79 Å². The van der Waals surface area contributed by atoms with Gasteiger partial charge in [-0.3, -0.25) is 0 Å². The summed E-state index contributed by atoms with van der Waals surface area (Å²) in [6.07, 6.45) is 0. The number of amides is 2. The molecule has 4 nitrogen and oxygen atoms in total. The fourth-order valence-corrected chi connectivity index (χ4v) is 0.964. The summed E-state index contributed by atoms with van der Waals surface area (Å²) in [5, 5.41) is 2.59. The highest BCUT2D eigenvalue weighted by atomic mass is 16.2. The molecule has 0 saturated heterocycles. The van der Waals surface area contributed by atoms with Gasteiger partial charge in [-0.1, -0.05) is 6.92 Å². The lowest BCUT2D eigenvalue weighted by molar-refractivity contribution is 0.195. The van der Waals surface area contributed by atoms with Crippen LogP contribution in [0.2, 0.25) is 0 Å². The molecule has 2 amide bonds. The van der Waals surface area contributed by atoms with Crippen molar-refractivity contribution < 1.29 is 4.79 Å². The number of nitrogens with two attached hydrogens (primary N) is 1. The van der Waals surface area contributed by atoms with Crippen molar-refractivity contribution in [1.29, 1.82) is 0 Å². The van der Waals surface area contributed by atoms with Crippen molar-refractivity contribution in [1.82, 2.24) is 10.2 Å². The number of nitrogens with zero attached hydrogens (tertiary/aromatic N) is 1. The molecule has 3 N–H and O–H groups in total. The van der Waals surface area contributed by atoms with Crippen molar-refractivity contribution in [2.45, 2.75) is 13.8 Å². The van der Waals surface area contributed by atoms with Gasteiger partial charge >= 0.3 is 6.03 Å². The summed E-state index contributed by atoms with van der Waals surface area (Å²) >= 11 is 0. The van der Waals surface area contributed by atoms with Gasteiger partial charge in [0.2, 0.25) is 0 Å². The summed E-state index contributed by atoms with van der Waals surface area (Å²) < 4.78 is 0. The van der Waals surface area contributed by atoms with Gasteiger partial charge in [0.1, 0.15) is 0 Å². The molecule has 0 rings (SSSR count). The van der Waals surface area contributed by atoms with Gasteiger partial charge in [-0.05, 0) is 19.4 Å². The van der Waals surface area contributed by atoms with Gasteiger partial charge in [0.15, 0.2) is 0 Å². The number of nitrogens with one attached hydrogen (secondary N) is 1. The zero-order valence-electron chi connectivity index (χ0n) is 8.13. The molecule has 0 bridgehead atoms. The first kappa shape index (κ1) is 11.2. The van der Waals surface area contributed by atoms with Crippen molar-refractivity contribution in [2.75, 3.05) is 26.7 Å². The van der Waals surface area contributed by atoms with Crippen LogP contribution in [0.3, 0.4) is 0 Å². The molecule has 0 radical (unpaired) electrons. The van der Waals surface area contributed by atoms with Crippen LogP contribution in [-0.4, -0.2) is 37.6 Å². The number of urea groups is 1. The monoisotopic (exact) mass is 173 g/mol. The van der Waals surface area contributed by atoms with Crippen molar-refractivity contribution in [3.63, 3.8) is 0 Å². The quantitative estimate of drug-likeness (QED) is 0.640. The van der Waals surface area contributed by atoms with Crippen LogP contribution in [0.15, 0.2) is 0 Å². The van der Waals surface area contributed by atoms with E-state index < -0.39 is 0 Å². The second kappa shape index (κ2) is 5.83. The number of carbonyl (C=O) groups excluding carboxylic acids is 1. The van der Waals surface area contributed by atoms with Crippen LogP contribution in [0.1, 0.15) is 13.8 Å². The molecule has 0 aromatic rings. The van der Waals surface area contributed by atoms with E-state index >= 15 is 0 Å². The Morgan fingerprint density at radius 1 is 1.67 bits per heavy atom. The van der Waals surface area contributed by atoms with E-state index in [1.807, 2.05) is 13.8 Å². The number of hydrogen-bond acceptors (Lipinski definition) is 2. The third-order valence-corrected chi connectivity index (χ3v) is 1.82. The fraction of sp³-hybridized carbons (Fsp3) is 0.875. The highest BCUT2D eigenvalue weighted by molar-refractivity contribution is 5.73. The molecule has 0 aliphatic rings. The summed E-state index contributed by atoms with van der Waals surface area (Å²) in [6.45, 7) is 6.06. The molecule has 12 heavy (non-hydrogen) atoms. The normalized spacial score (nSPS) is 12.3. The van der Waals surface area contributed by atoms with Crippen LogP contribution in [0, 0.1) is 5.92 Å². The standard InChI is InChI=1S/C8H19N3O/c1-4-11(8(12)10-3)6-7(2)5-9/h7H,4-6,9H2,1-3H3,(H,10,12). The number of rotatable bonds is 4. The summed E-state index contributed by atoms with van der Waals surface area (Å²) in [6, 6.07) is -0.0298. The van der Waals surface area contributed by atoms with Gasteiger partial charge in [0.05, 0.1) is 0 Å². The first-order chi connectivity index (χ1) is 5.65. The van der Waals surface area contributed by atoms with Gasteiger partial charge in [-0.2, -0.15) is 0 Å². The topological polar surface area (TPSA) is 58.4 Å². The Bertz CT molecular complexity index is 138. The minimum Gasteiger partial charge on any atom is -0.341 e. The molecule has 0 aromatic heterocycles. The Kier molecular flexibility index (Phi) is 5.45. The van der Waals surface area contributed by atoms with E-state index in [0.29, 0.717) is 12.5 Å². The maximum Gasteiger partial charge on any atom is 0.317 e. The van der Waals surface area contributed by atoms with E-state index in [0.717, 1.165) is 13.1 Å². The molecular formula is C8H19N3O. The molecule has 1 atom stereocenters. The molecule has 4 heteroatoms. The SMILES string of the molecule is CCN(CC(C)CN)C(=O)NC. The van der Waals surface area contributed by atoms with E-state index in [2.05, 4.69) is 5.32 Å². The summed E-state index contributed by atoms with van der Waals surface area (Å²) in [4.78, 5) is 12.9. The Morgan fingerprint density at radius 3 is 2.58 bits per heavy atom. The van der Waals surface area contributed by atoms with Crippen LogP contribution in [-0.2, 0) is 0 Å². The van der Waals surface area contributed by atoms with Gasteiger partial charge in [-0.15, -0.1) is 0 Å². The highest BCUT2D eigenvalue weighted by Gasteiger charge is 2.11. The second-order valence-corrected chi connectivity index (χ2v) is 2.93. The average molecular weight is 173 g/mol. The van der Waals surface area contributed by atoms with Crippen LogP contribution in [0.25, 0.3) is 0 Å². The molecule has 0 heterocycles. The molecular weight excluding hydrogens is 154 g/mol. The predicted octanol–water partition coefficient (Wildman–Crippen LogP) is 0.243. The molecule has 0 spiro atoms. The van der Waals surface area contributed by atoms with E-state index in [9.17, 15) is 4.79 Å². The lowest BCUT2D eigenvalue weighted by atomic mass is 10.2. The van der Waals surface area contributed by atoms with Crippen molar-refractivity contribution in [3.05, 3.63) is 0 Å². The minimum atomic E-state index is -0.0298. The molecule has 0 saturated carbocycles.